The number of amides is 1. The molecule has 4 aromatic carbocycles. The van der Waals surface area contributed by atoms with Crippen LogP contribution in [-0.4, -0.2) is 28.0 Å². The Morgan fingerprint density at radius 3 is 2.14 bits per heavy atom. The van der Waals surface area contributed by atoms with Gasteiger partial charge in [0, 0.05) is 11.3 Å². The zero-order valence-corrected chi connectivity index (χ0v) is 20.3. The maximum Gasteiger partial charge on any atom is 0.264 e. The Morgan fingerprint density at radius 2 is 1.49 bits per heavy atom. The fourth-order valence-electron chi connectivity index (χ4n) is 3.83. The predicted octanol–water partition coefficient (Wildman–Crippen LogP) is 5.50. The van der Waals surface area contributed by atoms with Gasteiger partial charge in [-0.3, -0.25) is 9.10 Å². The number of hydrogen-bond donors (Lipinski definition) is 1. The molecule has 0 unspecified atom stereocenters. The number of aryl methyl sites for hydroxylation is 1. The van der Waals surface area contributed by atoms with Crippen molar-refractivity contribution in [2.45, 2.75) is 11.8 Å². The molecule has 0 spiro atoms. The first-order valence-electron chi connectivity index (χ1n) is 11.1. The number of nitrogens with one attached hydrogen (secondary N) is 1. The quantitative estimate of drug-likeness (QED) is 0.357. The van der Waals surface area contributed by atoms with Crippen LogP contribution in [0.25, 0.3) is 11.1 Å². The standard InChI is InChI=1S/C28H26N2O4S/c1-21-19-24(17-18-27(21)34-2)35(32,33)30(23-13-7-4-8-14-23)20-28(31)29-26-16-10-9-15-25(26)22-11-5-3-6-12-22/h3-19H,20H2,1-2H3,(H,29,31). The van der Waals surface area contributed by atoms with Gasteiger partial charge in [-0.15, -0.1) is 0 Å². The number of nitrogens with zero attached hydrogens (tertiary/aromatic N) is 1. The second-order valence-electron chi connectivity index (χ2n) is 7.94. The minimum absolute atomic E-state index is 0.0807. The molecule has 4 rings (SSSR count). The molecule has 0 bridgehead atoms. The van der Waals surface area contributed by atoms with Gasteiger partial charge in [-0.1, -0.05) is 66.7 Å². The van der Waals surface area contributed by atoms with Gasteiger partial charge in [-0.2, -0.15) is 0 Å². The summed E-state index contributed by atoms with van der Waals surface area (Å²) in [5, 5.41) is 2.90. The molecule has 1 N–H and O–H groups in total. The van der Waals surface area contributed by atoms with E-state index >= 15 is 0 Å². The third kappa shape index (κ3) is 5.36. The number of carbonyl (C=O) groups excluding carboxylic acids is 1. The molecule has 0 aliphatic rings. The normalized spacial score (nSPS) is 11.0. The summed E-state index contributed by atoms with van der Waals surface area (Å²) in [5.41, 5.74) is 3.48. The molecule has 0 fully saturated rings. The van der Waals surface area contributed by atoms with Crippen LogP contribution in [0.1, 0.15) is 5.56 Å². The van der Waals surface area contributed by atoms with Crippen molar-refractivity contribution in [3.8, 4) is 16.9 Å². The van der Waals surface area contributed by atoms with Crippen LogP contribution < -0.4 is 14.4 Å². The van der Waals surface area contributed by atoms with Crippen LogP contribution in [0.3, 0.4) is 0 Å². The van der Waals surface area contributed by atoms with E-state index in [0.29, 0.717) is 22.7 Å². The van der Waals surface area contributed by atoms with E-state index in [9.17, 15) is 13.2 Å². The molecule has 0 saturated heterocycles. The molecule has 178 valence electrons. The molecule has 6 nitrogen and oxygen atoms in total. The lowest BCUT2D eigenvalue weighted by Gasteiger charge is -2.24. The molecule has 1 amide bonds. The van der Waals surface area contributed by atoms with Crippen LogP contribution in [0, 0.1) is 6.92 Å². The fraction of sp³-hybridized carbons (Fsp3) is 0.107. The summed E-state index contributed by atoms with van der Waals surface area (Å²) < 4.78 is 33.7. The third-order valence-corrected chi connectivity index (χ3v) is 7.34. The summed E-state index contributed by atoms with van der Waals surface area (Å²) in [6, 6.07) is 30.4. The molecule has 4 aromatic rings. The van der Waals surface area contributed by atoms with Gasteiger partial charge in [0.25, 0.3) is 10.0 Å². The molecule has 0 heterocycles. The molecule has 0 aliphatic carbocycles. The second-order valence-corrected chi connectivity index (χ2v) is 9.80. The minimum atomic E-state index is -4.03. The van der Waals surface area contributed by atoms with Gasteiger partial charge in [-0.25, -0.2) is 8.42 Å². The Morgan fingerprint density at radius 1 is 0.857 bits per heavy atom. The minimum Gasteiger partial charge on any atom is -0.496 e. The zero-order valence-electron chi connectivity index (χ0n) is 19.5. The van der Waals surface area contributed by atoms with E-state index < -0.39 is 15.9 Å². The van der Waals surface area contributed by atoms with E-state index in [0.717, 1.165) is 15.4 Å². The molecular formula is C28H26N2O4S. The number of carbonyl (C=O) groups is 1. The average molecular weight is 487 g/mol. The van der Waals surface area contributed by atoms with Crippen molar-refractivity contribution >= 4 is 27.3 Å². The first-order chi connectivity index (χ1) is 16.9. The van der Waals surface area contributed by atoms with Gasteiger partial charge in [0.1, 0.15) is 12.3 Å². The summed E-state index contributed by atoms with van der Waals surface area (Å²) in [6.07, 6.45) is 0. The van der Waals surface area contributed by atoms with Crippen LogP contribution in [-0.2, 0) is 14.8 Å². The van der Waals surface area contributed by atoms with Crippen molar-refractivity contribution < 1.29 is 17.9 Å². The van der Waals surface area contributed by atoms with Crippen molar-refractivity contribution in [2.75, 3.05) is 23.3 Å². The molecule has 7 heteroatoms. The molecule has 0 atom stereocenters. The zero-order chi connectivity index (χ0) is 24.8. The largest absolute Gasteiger partial charge is 0.496 e. The molecule has 0 saturated carbocycles. The number of methoxy groups -OCH3 is 1. The Hall–Kier alpha value is -4.10. The van der Waals surface area contributed by atoms with Crippen molar-refractivity contribution in [1.82, 2.24) is 0 Å². The molecule has 0 radical (unpaired) electrons. The number of benzene rings is 4. The number of anilines is 2. The monoisotopic (exact) mass is 486 g/mol. The highest BCUT2D eigenvalue weighted by molar-refractivity contribution is 7.92. The van der Waals surface area contributed by atoms with Crippen LogP contribution in [0.2, 0.25) is 0 Å². The summed E-state index contributed by atoms with van der Waals surface area (Å²) in [7, 11) is -2.50. The van der Waals surface area contributed by atoms with Gasteiger partial charge in [0.15, 0.2) is 0 Å². The molecule has 0 aromatic heterocycles. The summed E-state index contributed by atoms with van der Waals surface area (Å²) in [5.74, 6) is 0.136. The van der Waals surface area contributed by atoms with E-state index in [2.05, 4.69) is 5.32 Å². The number of sulfonamides is 1. The average Bonchev–Trinajstić information content (AvgIpc) is 2.88. The van der Waals surface area contributed by atoms with Crippen LogP contribution in [0.4, 0.5) is 11.4 Å². The number of hydrogen-bond acceptors (Lipinski definition) is 4. The highest BCUT2D eigenvalue weighted by Gasteiger charge is 2.28. The maximum absolute atomic E-state index is 13.7. The van der Waals surface area contributed by atoms with Gasteiger partial charge in [0.2, 0.25) is 5.91 Å². The van der Waals surface area contributed by atoms with E-state index in [1.54, 1.807) is 55.5 Å². The summed E-state index contributed by atoms with van der Waals surface area (Å²) in [6.45, 7) is 1.39. The van der Waals surface area contributed by atoms with Gasteiger partial charge >= 0.3 is 0 Å². The molecule has 0 aliphatic heterocycles. The van der Waals surface area contributed by atoms with Crippen LogP contribution in [0.5, 0.6) is 5.75 Å². The van der Waals surface area contributed by atoms with Crippen molar-refractivity contribution in [3.05, 3.63) is 109 Å². The Bertz CT molecular complexity index is 1420. The Labute approximate surface area is 205 Å². The predicted molar refractivity (Wildman–Crippen MR) is 139 cm³/mol. The van der Waals surface area contributed by atoms with Crippen molar-refractivity contribution in [2.24, 2.45) is 0 Å². The third-order valence-electron chi connectivity index (χ3n) is 5.57. The fourth-order valence-corrected chi connectivity index (χ4v) is 5.34. The lowest BCUT2D eigenvalue weighted by atomic mass is 10.0. The second kappa shape index (κ2) is 10.4. The summed E-state index contributed by atoms with van der Waals surface area (Å²) in [4.78, 5) is 13.3. The number of ether oxygens (including phenoxy) is 1. The van der Waals surface area contributed by atoms with E-state index in [-0.39, 0.29) is 11.4 Å². The topological polar surface area (TPSA) is 75.7 Å². The number of para-hydroxylation sites is 2. The highest BCUT2D eigenvalue weighted by atomic mass is 32.2. The molecule has 35 heavy (non-hydrogen) atoms. The van der Waals surface area contributed by atoms with Crippen LogP contribution in [0.15, 0.2) is 108 Å². The van der Waals surface area contributed by atoms with Gasteiger partial charge in [0.05, 0.1) is 17.7 Å². The number of rotatable bonds is 8. The van der Waals surface area contributed by atoms with E-state index in [4.69, 9.17) is 4.74 Å². The van der Waals surface area contributed by atoms with Gasteiger partial charge in [-0.05, 0) is 54.4 Å². The van der Waals surface area contributed by atoms with Crippen LogP contribution >= 0.6 is 0 Å². The Kier molecular flexibility index (Phi) is 7.17. The van der Waals surface area contributed by atoms with Crippen molar-refractivity contribution in [1.29, 1.82) is 0 Å². The highest BCUT2D eigenvalue weighted by Crippen LogP contribution is 2.29. The molecular weight excluding hydrogens is 460 g/mol. The maximum atomic E-state index is 13.7. The lowest BCUT2D eigenvalue weighted by Crippen LogP contribution is -2.38. The van der Waals surface area contributed by atoms with E-state index in [1.807, 2.05) is 48.5 Å². The summed E-state index contributed by atoms with van der Waals surface area (Å²) >= 11 is 0. The lowest BCUT2D eigenvalue weighted by molar-refractivity contribution is -0.114. The Balaban J connectivity index is 1.66. The first-order valence-corrected chi connectivity index (χ1v) is 12.5. The van der Waals surface area contributed by atoms with Gasteiger partial charge < -0.3 is 10.1 Å². The first kappa shape index (κ1) is 24.0. The van der Waals surface area contributed by atoms with E-state index in [1.165, 1.54) is 13.2 Å². The smallest absolute Gasteiger partial charge is 0.264 e. The SMILES string of the molecule is COc1ccc(S(=O)(=O)N(CC(=O)Nc2ccccc2-c2ccccc2)c2ccccc2)cc1C. The van der Waals surface area contributed by atoms with Crippen molar-refractivity contribution in [3.63, 3.8) is 0 Å².